The van der Waals surface area contributed by atoms with E-state index in [-0.39, 0.29) is 17.7 Å². The second-order valence-electron chi connectivity index (χ2n) is 3.98. The van der Waals surface area contributed by atoms with Gasteiger partial charge in [-0.25, -0.2) is 5.84 Å². The van der Waals surface area contributed by atoms with Crippen LogP contribution in [0.5, 0.6) is 0 Å². The van der Waals surface area contributed by atoms with E-state index in [1.54, 1.807) is 0 Å². The fourth-order valence-electron chi connectivity index (χ4n) is 1.55. The highest BCUT2D eigenvalue weighted by atomic mass is 16.2. The molecule has 0 spiro atoms. The van der Waals surface area contributed by atoms with Crippen molar-refractivity contribution in [2.24, 2.45) is 5.84 Å². The number of nitrogens with zero attached hydrogens (tertiary/aromatic N) is 2. The Morgan fingerprint density at radius 1 is 1.24 bits per heavy atom. The Balaban J connectivity index is 2.11. The smallest absolute Gasteiger partial charge is 0.253 e. The van der Waals surface area contributed by atoms with Crippen LogP contribution in [0.3, 0.4) is 0 Å². The van der Waals surface area contributed by atoms with Gasteiger partial charge in [-0.15, -0.1) is 0 Å². The molecule has 0 saturated heterocycles. The Morgan fingerprint density at radius 3 is 2.35 bits per heavy atom. The molecular weight excluding hydrogens is 222 g/mol. The molecule has 0 aromatic heterocycles. The Labute approximate surface area is 100 Å². The van der Waals surface area contributed by atoms with Gasteiger partial charge in [-0.3, -0.25) is 24.3 Å². The number of imide groups is 1. The minimum absolute atomic E-state index is 0.111. The largest absolute Gasteiger partial charge is 0.284 e. The molecule has 1 aliphatic heterocycles. The summed E-state index contributed by atoms with van der Waals surface area (Å²) < 4.78 is 0. The lowest BCUT2D eigenvalue weighted by atomic mass is 10.2. The van der Waals surface area contributed by atoms with Crippen molar-refractivity contribution in [2.45, 2.75) is 25.7 Å². The van der Waals surface area contributed by atoms with Crippen LogP contribution in [0.25, 0.3) is 0 Å². The highest BCUT2D eigenvalue weighted by Crippen LogP contribution is 2.07. The van der Waals surface area contributed by atoms with Gasteiger partial charge in [-0.2, -0.15) is 0 Å². The summed E-state index contributed by atoms with van der Waals surface area (Å²) in [6.45, 7) is 0.414. The first-order chi connectivity index (χ1) is 8.02. The van der Waals surface area contributed by atoms with Crippen LogP contribution in [-0.4, -0.2) is 41.2 Å². The van der Waals surface area contributed by atoms with Gasteiger partial charge in [0, 0.05) is 32.2 Å². The van der Waals surface area contributed by atoms with Crippen molar-refractivity contribution in [3.63, 3.8) is 0 Å². The second-order valence-corrected chi connectivity index (χ2v) is 3.98. The summed E-state index contributed by atoms with van der Waals surface area (Å²) in [7, 11) is 1.51. The molecular formula is C11H17N3O3. The minimum atomic E-state index is -0.257. The quantitative estimate of drug-likeness (QED) is 0.229. The standard InChI is InChI=1S/C11H17N3O3/c1-13(12)9(15)5-3-2-4-8-14-10(16)6-7-11(14)17/h6-7H,2-5,8,12H2,1H3. The summed E-state index contributed by atoms with van der Waals surface area (Å²) in [5, 5.41) is 1.07. The lowest BCUT2D eigenvalue weighted by Gasteiger charge is -2.13. The number of hydrogen-bond acceptors (Lipinski definition) is 4. The fourth-order valence-corrected chi connectivity index (χ4v) is 1.55. The van der Waals surface area contributed by atoms with Gasteiger partial charge >= 0.3 is 0 Å². The maximum absolute atomic E-state index is 11.2. The SMILES string of the molecule is CN(N)C(=O)CCCCCN1C(=O)C=CC1=O. The third kappa shape index (κ3) is 3.99. The zero-order valence-corrected chi connectivity index (χ0v) is 9.89. The Morgan fingerprint density at radius 2 is 1.82 bits per heavy atom. The first-order valence-corrected chi connectivity index (χ1v) is 5.57. The summed E-state index contributed by atoms with van der Waals surface area (Å²) in [5.74, 6) is 4.64. The summed E-state index contributed by atoms with van der Waals surface area (Å²) in [6, 6.07) is 0. The number of nitrogens with two attached hydrogens (primary N) is 1. The molecule has 0 atom stereocenters. The van der Waals surface area contributed by atoms with E-state index in [1.165, 1.54) is 24.1 Å². The highest BCUT2D eigenvalue weighted by Gasteiger charge is 2.22. The number of amides is 3. The van der Waals surface area contributed by atoms with Gasteiger partial charge < -0.3 is 0 Å². The summed E-state index contributed by atoms with van der Waals surface area (Å²) >= 11 is 0. The number of unbranched alkanes of at least 4 members (excludes halogenated alkanes) is 2. The number of carbonyl (C=O) groups is 3. The average Bonchev–Trinajstić information content (AvgIpc) is 2.59. The molecule has 0 radical (unpaired) electrons. The number of hydrogen-bond donors (Lipinski definition) is 1. The van der Waals surface area contributed by atoms with Gasteiger partial charge in [-0.05, 0) is 12.8 Å². The number of rotatable bonds is 6. The van der Waals surface area contributed by atoms with Crippen molar-refractivity contribution in [1.82, 2.24) is 9.91 Å². The molecule has 1 aliphatic rings. The Bertz CT molecular complexity index is 332. The predicted octanol–water partition coefficient (Wildman–Crippen LogP) is -0.196. The predicted molar refractivity (Wildman–Crippen MR) is 61.3 cm³/mol. The van der Waals surface area contributed by atoms with Crippen LogP contribution in [-0.2, 0) is 14.4 Å². The third-order valence-electron chi connectivity index (χ3n) is 2.57. The molecule has 3 amide bonds. The minimum Gasteiger partial charge on any atom is -0.284 e. The van der Waals surface area contributed by atoms with E-state index in [2.05, 4.69) is 0 Å². The maximum Gasteiger partial charge on any atom is 0.253 e. The number of carbonyl (C=O) groups excluding carboxylic acids is 3. The monoisotopic (exact) mass is 239 g/mol. The highest BCUT2D eigenvalue weighted by molar-refractivity contribution is 6.12. The summed E-state index contributed by atoms with van der Waals surface area (Å²) in [4.78, 5) is 34.7. The average molecular weight is 239 g/mol. The van der Waals surface area contributed by atoms with Gasteiger partial charge in [0.15, 0.2) is 0 Å². The van der Waals surface area contributed by atoms with E-state index in [9.17, 15) is 14.4 Å². The Kier molecular flexibility index (Phi) is 4.84. The third-order valence-corrected chi connectivity index (χ3v) is 2.57. The van der Waals surface area contributed by atoms with Crippen LogP contribution in [0.15, 0.2) is 12.2 Å². The molecule has 1 rings (SSSR count). The molecule has 2 N–H and O–H groups in total. The molecule has 0 aromatic rings. The van der Waals surface area contributed by atoms with E-state index in [4.69, 9.17) is 5.84 Å². The molecule has 1 heterocycles. The van der Waals surface area contributed by atoms with E-state index in [1.807, 2.05) is 0 Å². The van der Waals surface area contributed by atoms with Crippen LogP contribution >= 0.6 is 0 Å². The molecule has 0 unspecified atom stereocenters. The van der Waals surface area contributed by atoms with E-state index in [0.29, 0.717) is 25.8 Å². The van der Waals surface area contributed by atoms with E-state index < -0.39 is 0 Å². The van der Waals surface area contributed by atoms with Gasteiger partial charge in [0.2, 0.25) is 5.91 Å². The Hall–Kier alpha value is -1.69. The molecule has 0 bridgehead atoms. The molecule has 0 fully saturated rings. The van der Waals surface area contributed by atoms with Crippen molar-refractivity contribution in [2.75, 3.05) is 13.6 Å². The van der Waals surface area contributed by atoms with Crippen molar-refractivity contribution >= 4 is 17.7 Å². The van der Waals surface area contributed by atoms with Crippen LogP contribution in [0.1, 0.15) is 25.7 Å². The van der Waals surface area contributed by atoms with Crippen molar-refractivity contribution in [3.8, 4) is 0 Å². The van der Waals surface area contributed by atoms with Crippen molar-refractivity contribution in [3.05, 3.63) is 12.2 Å². The normalized spacial score (nSPS) is 14.6. The summed E-state index contributed by atoms with van der Waals surface area (Å²) in [6.07, 6.45) is 5.15. The molecule has 94 valence electrons. The zero-order valence-electron chi connectivity index (χ0n) is 9.89. The summed E-state index contributed by atoms with van der Waals surface area (Å²) in [5.41, 5.74) is 0. The molecule has 17 heavy (non-hydrogen) atoms. The van der Waals surface area contributed by atoms with E-state index in [0.717, 1.165) is 11.4 Å². The van der Waals surface area contributed by atoms with Crippen LogP contribution in [0.4, 0.5) is 0 Å². The van der Waals surface area contributed by atoms with Crippen LogP contribution < -0.4 is 5.84 Å². The topological polar surface area (TPSA) is 83.7 Å². The lowest BCUT2D eigenvalue weighted by Crippen LogP contribution is -2.33. The molecule has 0 aromatic carbocycles. The molecule has 6 heteroatoms. The van der Waals surface area contributed by atoms with Crippen molar-refractivity contribution < 1.29 is 14.4 Å². The van der Waals surface area contributed by atoms with Crippen LogP contribution in [0.2, 0.25) is 0 Å². The van der Waals surface area contributed by atoms with Crippen LogP contribution in [0, 0.1) is 0 Å². The first-order valence-electron chi connectivity index (χ1n) is 5.57. The lowest BCUT2D eigenvalue weighted by molar-refractivity contribution is -0.137. The maximum atomic E-state index is 11.2. The zero-order chi connectivity index (χ0) is 12.8. The molecule has 6 nitrogen and oxygen atoms in total. The van der Waals surface area contributed by atoms with Gasteiger partial charge in [-0.1, -0.05) is 6.42 Å². The molecule has 0 saturated carbocycles. The molecule has 0 aliphatic carbocycles. The fraction of sp³-hybridized carbons (Fsp3) is 0.545. The van der Waals surface area contributed by atoms with Gasteiger partial charge in [0.05, 0.1) is 0 Å². The van der Waals surface area contributed by atoms with Gasteiger partial charge in [0.1, 0.15) is 0 Å². The van der Waals surface area contributed by atoms with Gasteiger partial charge in [0.25, 0.3) is 11.8 Å². The second kappa shape index (κ2) is 6.15. The van der Waals surface area contributed by atoms with Crippen molar-refractivity contribution in [1.29, 1.82) is 0 Å². The van der Waals surface area contributed by atoms with E-state index >= 15 is 0 Å². The first kappa shape index (κ1) is 13.4. The number of hydrazine groups is 1.